The number of carbonyl (C=O) groups excluding carboxylic acids is 1. The number of benzene rings is 2. The Morgan fingerprint density at radius 2 is 1.96 bits per heavy atom. The number of fused-ring (bicyclic) bond motifs is 1. The summed E-state index contributed by atoms with van der Waals surface area (Å²) in [7, 11) is 0. The fraction of sp³-hybridized carbons (Fsp3) is 0.0526. The first kappa shape index (κ1) is 17.1. The first-order valence-corrected chi connectivity index (χ1v) is 7.71. The van der Waals surface area contributed by atoms with Crippen LogP contribution < -0.4 is 10.9 Å². The van der Waals surface area contributed by atoms with Crippen LogP contribution in [0.4, 0.5) is 11.4 Å². The van der Waals surface area contributed by atoms with Crippen molar-refractivity contribution in [2.24, 2.45) is 0 Å². The van der Waals surface area contributed by atoms with E-state index in [0.29, 0.717) is 16.8 Å². The molecule has 1 N–H and O–H groups in total. The van der Waals surface area contributed by atoms with Gasteiger partial charge in [0.2, 0.25) is 5.91 Å². The molecule has 0 saturated heterocycles. The Morgan fingerprint density at radius 1 is 1.19 bits per heavy atom. The lowest BCUT2D eigenvalue weighted by molar-refractivity contribution is -0.385. The molecular formula is C19H14N2O5. The molecule has 1 amide bonds. The van der Waals surface area contributed by atoms with Gasteiger partial charge in [-0.2, -0.15) is 0 Å². The largest absolute Gasteiger partial charge is 0.423 e. The molecule has 0 aliphatic rings. The minimum Gasteiger partial charge on any atom is -0.423 e. The Labute approximate surface area is 147 Å². The van der Waals surface area contributed by atoms with Crippen molar-refractivity contribution in [3.05, 3.63) is 86.3 Å². The molecule has 0 unspecified atom stereocenters. The average molecular weight is 350 g/mol. The summed E-state index contributed by atoms with van der Waals surface area (Å²) in [6.07, 6.45) is 2.58. The van der Waals surface area contributed by atoms with Crippen molar-refractivity contribution in [1.82, 2.24) is 0 Å². The highest BCUT2D eigenvalue weighted by Crippen LogP contribution is 2.21. The van der Waals surface area contributed by atoms with E-state index in [2.05, 4.69) is 5.32 Å². The number of nitro benzene ring substituents is 1. The van der Waals surface area contributed by atoms with E-state index in [1.165, 1.54) is 24.3 Å². The van der Waals surface area contributed by atoms with Crippen molar-refractivity contribution in [2.75, 3.05) is 5.32 Å². The number of rotatable bonds is 4. The number of hydrogen-bond donors (Lipinski definition) is 1. The molecule has 0 bridgehead atoms. The first-order chi connectivity index (χ1) is 12.4. The summed E-state index contributed by atoms with van der Waals surface area (Å²) in [5, 5.41) is 14.4. The van der Waals surface area contributed by atoms with Crippen LogP contribution in [0.15, 0.2) is 63.8 Å². The average Bonchev–Trinajstić information content (AvgIpc) is 2.59. The van der Waals surface area contributed by atoms with Crippen molar-refractivity contribution in [3.63, 3.8) is 0 Å². The van der Waals surface area contributed by atoms with Crippen LogP contribution in [0.2, 0.25) is 0 Å². The summed E-state index contributed by atoms with van der Waals surface area (Å²) < 4.78 is 5.14. The van der Waals surface area contributed by atoms with Gasteiger partial charge in [0.25, 0.3) is 5.69 Å². The zero-order valence-corrected chi connectivity index (χ0v) is 13.8. The van der Waals surface area contributed by atoms with Crippen molar-refractivity contribution < 1.29 is 14.1 Å². The van der Waals surface area contributed by atoms with Crippen LogP contribution in [-0.2, 0) is 4.79 Å². The summed E-state index contributed by atoms with van der Waals surface area (Å²) in [6.45, 7) is 1.80. The van der Waals surface area contributed by atoms with E-state index in [9.17, 15) is 19.7 Å². The molecule has 7 nitrogen and oxygen atoms in total. The van der Waals surface area contributed by atoms with E-state index >= 15 is 0 Å². The molecule has 130 valence electrons. The zero-order valence-electron chi connectivity index (χ0n) is 13.8. The fourth-order valence-corrected chi connectivity index (χ4v) is 2.55. The van der Waals surface area contributed by atoms with Gasteiger partial charge in [0.1, 0.15) is 5.58 Å². The molecule has 3 aromatic rings. The van der Waals surface area contributed by atoms with Gasteiger partial charge in [-0.15, -0.1) is 0 Å². The second-order valence-electron chi connectivity index (χ2n) is 5.60. The number of nitrogens with zero attached hydrogens (tertiary/aromatic N) is 1. The number of para-hydroxylation sites is 1. The number of amides is 1. The zero-order chi connectivity index (χ0) is 18.7. The Hall–Kier alpha value is -3.74. The standard InChI is InChI=1S/C19H14N2O5/c1-12-10-19(23)26-17-11-14(7-8-15(12)17)20-18(22)9-6-13-4-2-3-5-16(13)21(24)25/h2-11H,1H3,(H,20,22)/b9-6+. The molecule has 1 heterocycles. The topological polar surface area (TPSA) is 102 Å². The third-order valence-electron chi connectivity index (χ3n) is 3.77. The van der Waals surface area contributed by atoms with Crippen LogP contribution in [0.1, 0.15) is 11.1 Å². The summed E-state index contributed by atoms with van der Waals surface area (Å²) in [4.78, 5) is 34.0. The van der Waals surface area contributed by atoms with Gasteiger partial charge in [0, 0.05) is 35.3 Å². The third-order valence-corrected chi connectivity index (χ3v) is 3.77. The van der Waals surface area contributed by atoms with E-state index in [-0.39, 0.29) is 5.69 Å². The van der Waals surface area contributed by atoms with Gasteiger partial charge < -0.3 is 9.73 Å². The van der Waals surface area contributed by atoms with Crippen molar-refractivity contribution in [2.45, 2.75) is 6.92 Å². The summed E-state index contributed by atoms with van der Waals surface area (Å²) in [5.41, 5.74) is 1.38. The van der Waals surface area contributed by atoms with Gasteiger partial charge in [0.05, 0.1) is 10.5 Å². The normalized spacial score (nSPS) is 11.0. The van der Waals surface area contributed by atoms with Gasteiger partial charge in [-0.25, -0.2) is 4.79 Å². The molecule has 0 atom stereocenters. The number of hydrogen-bond acceptors (Lipinski definition) is 5. The third kappa shape index (κ3) is 3.67. The summed E-state index contributed by atoms with van der Waals surface area (Å²) in [6, 6.07) is 12.5. The lowest BCUT2D eigenvalue weighted by Gasteiger charge is -2.05. The van der Waals surface area contributed by atoms with E-state index < -0.39 is 16.5 Å². The maximum Gasteiger partial charge on any atom is 0.336 e. The molecule has 0 fully saturated rings. The number of anilines is 1. The minimum absolute atomic E-state index is 0.0838. The lowest BCUT2D eigenvalue weighted by Crippen LogP contribution is -2.08. The highest BCUT2D eigenvalue weighted by atomic mass is 16.6. The number of nitrogens with one attached hydrogen (secondary N) is 1. The van der Waals surface area contributed by atoms with Crippen molar-refractivity contribution >= 4 is 34.3 Å². The van der Waals surface area contributed by atoms with E-state index in [1.54, 1.807) is 43.3 Å². The smallest absolute Gasteiger partial charge is 0.336 e. The van der Waals surface area contributed by atoms with Crippen molar-refractivity contribution in [1.29, 1.82) is 0 Å². The van der Waals surface area contributed by atoms with Gasteiger partial charge in [-0.05, 0) is 36.8 Å². The predicted molar refractivity (Wildman–Crippen MR) is 98.0 cm³/mol. The molecule has 0 aliphatic heterocycles. The SMILES string of the molecule is Cc1cc(=O)oc2cc(NC(=O)/C=C/c3ccccc3[N+](=O)[O-])ccc12. The number of aryl methyl sites for hydroxylation is 1. The lowest BCUT2D eigenvalue weighted by atomic mass is 10.1. The quantitative estimate of drug-likeness (QED) is 0.335. The first-order valence-electron chi connectivity index (χ1n) is 7.71. The second kappa shape index (κ2) is 7.02. The Morgan fingerprint density at radius 3 is 2.73 bits per heavy atom. The van der Waals surface area contributed by atoms with Gasteiger partial charge in [0.15, 0.2) is 0 Å². The van der Waals surface area contributed by atoms with Crippen LogP contribution in [-0.4, -0.2) is 10.8 Å². The van der Waals surface area contributed by atoms with Gasteiger partial charge in [-0.3, -0.25) is 14.9 Å². The Bertz CT molecular complexity index is 1100. The molecule has 0 spiro atoms. The number of nitro groups is 1. The Kier molecular flexibility index (Phi) is 4.62. The molecule has 1 aromatic heterocycles. The van der Waals surface area contributed by atoms with Gasteiger partial charge >= 0.3 is 5.63 Å². The van der Waals surface area contributed by atoms with Gasteiger partial charge in [-0.1, -0.05) is 12.1 Å². The highest BCUT2D eigenvalue weighted by molar-refractivity contribution is 6.03. The molecule has 0 aliphatic carbocycles. The monoisotopic (exact) mass is 350 g/mol. The van der Waals surface area contributed by atoms with Crippen LogP contribution in [0.5, 0.6) is 0 Å². The second-order valence-corrected chi connectivity index (χ2v) is 5.60. The van der Waals surface area contributed by atoms with E-state index in [4.69, 9.17) is 4.42 Å². The Balaban J connectivity index is 1.81. The van der Waals surface area contributed by atoms with Crippen LogP contribution >= 0.6 is 0 Å². The molecule has 0 saturated carbocycles. The van der Waals surface area contributed by atoms with E-state index in [0.717, 1.165) is 10.9 Å². The summed E-state index contributed by atoms with van der Waals surface area (Å²) in [5.74, 6) is -0.461. The van der Waals surface area contributed by atoms with Crippen LogP contribution in [0.25, 0.3) is 17.0 Å². The number of carbonyl (C=O) groups is 1. The minimum atomic E-state index is -0.509. The molecule has 3 rings (SSSR count). The fourth-order valence-electron chi connectivity index (χ4n) is 2.55. The molecule has 0 radical (unpaired) electrons. The highest BCUT2D eigenvalue weighted by Gasteiger charge is 2.10. The summed E-state index contributed by atoms with van der Waals surface area (Å²) >= 11 is 0. The molecule has 7 heteroatoms. The molecule has 2 aromatic carbocycles. The maximum atomic E-state index is 12.1. The van der Waals surface area contributed by atoms with Crippen LogP contribution in [0.3, 0.4) is 0 Å². The molecular weight excluding hydrogens is 336 g/mol. The molecule has 26 heavy (non-hydrogen) atoms. The predicted octanol–water partition coefficient (Wildman–Crippen LogP) is 3.66. The van der Waals surface area contributed by atoms with E-state index in [1.807, 2.05) is 0 Å². The van der Waals surface area contributed by atoms with Crippen LogP contribution in [0, 0.1) is 17.0 Å². The van der Waals surface area contributed by atoms with Crippen molar-refractivity contribution in [3.8, 4) is 0 Å². The maximum absolute atomic E-state index is 12.1.